The Morgan fingerprint density at radius 1 is 1.00 bits per heavy atom. The monoisotopic (exact) mass is 225 g/mol. The molecule has 2 heteroatoms. The van der Waals surface area contributed by atoms with E-state index < -0.39 is 0 Å². The second-order valence-electron chi connectivity index (χ2n) is 5.64. The van der Waals surface area contributed by atoms with E-state index in [4.69, 9.17) is 5.11 Å². The fourth-order valence-electron chi connectivity index (χ4n) is 3.49. The lowest BCUT2D eigenvalue weighted by atomic mass is 10.0. The number of hydrogen-bond donors (Lipinski definition) is 1. The van der Waals surface area contributed by atoms with E-state index >= 15 is 0 Å². The Kier molecular flexibility index (Phi) is 5.11. The molecule has 0 aromatic rings. The molecule has 0 spiro atoms. The van der Waals surface area contributed by atoms with Gasteiger partial charge in [0.25, 0.3) is 0 Å². The molecular formula is C14H27NO. The van der Waals surface area contributed by atoms with Crippen molar-refractivity contribution in [3.63, 3.8) is 0 Å². The molecule has 1 saturated carbocycles. The minimum Gasteiger partial charge on any atom is -0.396 e. The van der Waals surface area contributed by atoms with Crippen molar-refractivity contribution in [1.82, 2.24) is 4.90 Å². The van der Waals surface area contributed by atoms with Crippen molar-refractivity contribution in [2.45, 2.75) is 63.8 Å². The summed E-state index contributed by atoms with van der Waals surface area (Å²) in [6.07, 6.45) is 12.3. The van der Waals surface area contributed by atoms with Gasteiger partial charge in [0.15, 0.2) is 0 Å². The van der Waals surface area contributed by atoms with Gasteiger partial charge in [0.2, 0.25) is 0 Å². The van der Waals surface area contributed by atoms with Crippen LogP contribution in [0.2, 0.25) is 0 Å². The summed E-state index contributed by atoms with van der Waals surface area (Å²) in [5.74, 6) is 1.03. The van der Waals surface area contributed by atoms with E-state index in [0.717, 1.165) is 18.4 Å². The number of nitrogens with zero attached hydrogens (tertiary/aromatic N) is 1. The normalized spacial score (nSPS) is 27.9. The van der Waals surface area contributed by atoms with Crippen LogP contribution in [-0.4, -0.2) is 35.7 Å². The molecule has 0 aromatic heterocycles. The molecule has 0 aromatic carbocycles. The Morgan fingerprint density at radius 3 is 2.56 bits per heavy atom. The second kappa shape index (κ2) is 6.61. The molecule has 1 atom stereocenters. The summed E-state index contributed by atoms with van der Waals surface area (Å²) in [6, 6.07) is 0.786. The van der Waals surface area contributed by atoms with Gasteiger partial charge in [-0.3, -0.25) is 0 Å². The third kappa shape index (κ3) is 3.46. The Morgan fingerprint density at radius 2 is 1.81 bits per heavy atom. The molecule has 1 heterocycles. The van der Waals surface area contributed by atoms with Gasteiger partial charge < -0.3 is 10.0 Å². The van der Waals surface area contributed by atoms with E-state index in [9.17, 15) is 0 Å². The lowest BCUT2D eigenvalue weighted by Crippen LogP contribution is -2.31. The lowest BCUT2D eigenvalue weighted by Gasteiger charge is -2.25. The van der Waals surface area contributed by atoms with Crippen molar-refractivity contribution < 1.29 is 5.11 Å². The highest BCUT2D eigenvalue weighted by molar-refractivity contribution is 4.80. The van der Waals surface area contributed by atoms with E-state index in [1.165, 1.54) is 64.5 Å². The minimum atomic E-state index is 0.368. The van der Waals surface area contributed by atoms with Crippen LogP contribution < -0.4 is 0 Å². The standard InChI is InChI=1S/C14H27NO/c16-12-4-8-14-7-3-10-15(14)11-9-13-5-1-2-6-13/h13-14,16H,1-12H2/t14-/m0/s1. The molecule has 2 fully saturated rings. The van der Waals surface area contributed by atoms with Gasteiger partial charge >= 0.3 is 0 Å². The van der Waals surface area contributed by atoms with Gasteiger partial charge in [-0.1, -0.05) is 25.7 Å². The number of aliphatic hydroxyl groups is 1. The molecule has 1 aliphatic carbocycles. The Bertz CT molecular complexity index is 189. The zero-order chi connectivity index (χ0) is 11.2. The van der Waals surface area contributed by atoms with Crippen LogP contribution in [0.15, 0.2) is 0 Å². The molecule has 16 heavy (non-hydrogen) atoms. The molecule has 94 valence electrons. The van der Waals surface area contributed by atoms with E-state index in [1.807, 2.05) is 0 Å². The lowest BCUT2D eigenvalue weighted by molar-refractivity contribution is 0.205. The highest BCUT2D eigenvalue weighted by Crippen LogP contribution is 2.29. The van der Waals surface area contributed by atoms with E-state index in [-0.39, 0.29) is 0 Å². The molecule has 2 nitrogen and oxygen atoms in total. The highest BCUT2D eigenvalue weighted by Gasteiger charge is 2.24. The zero-order valence-electron chi connectivity index (χ0n) is 10.5. The smallest absolute Gasteiger partial charge is 0.0431 e. The zero-order valence-corrected chi connectivity index (χ0v) is 10.5. The molecule has 1 aliphatic heterocycles. The van der Waals surface area contributed by atoms with Crippen molar-refractivity contribution in [2.24, 2.45) is 5.92 Å². The first-order valence-electron chi connectivity index (χ1n) is 7.25. The number of hydrogen-bond acceptors (Lipinski definition) is 2. The van der Waals surface area contributed by atoms with Gasteiger partial charge in [-0.05, 0) is 51.1 Å². The Labute approximate surface area is 100 Å². The van der Waals surface area contributed by atoms with Gasteiger partial charge in [-0.2, -0.15) is 0 Å². The molecular weight excluding hydrogens is 198 g/mol. The van der Waals surface area contributed by atoms with Crippen LogP contribution in [0.5, 0.6) is 0 Å². The molecule has 1 saturated heterocycles. The number of aliphatic hydroxyl groups excluding tert-OH is 1. The fourth-order valence-corrected chi connectivity index (χ4v) is 3.49. The van der Waals surface area contributed by atoms with E-state index in [0.29, 0.717) is 6.61 Å². The summed E-state index contributed by atoms with van der Waals surface area (Å²) in [5, 5.41) is 8.90. The van der Waals surface area contributed by atoms with Crippen LogP contribution in [0.25, 0.3) is 0 Å². The molecule has 2 aliphatic rings. The molecule has 2 rings (SSSR count). The fraction of sp³-hybridized carbons (Fsp3) is 1.00. The summed E-state index contributed by atoms with van der Waals surface area (Å²) in [6.45, 7) is 3.00. The van der Waals surface area contributed by atoms with Crippen molar-refractivity contribution >= 4 is 0 Å². The predicted octanol–water partition coefficient (Wildman–Crippen LogP) is 2.80. The quantitative estimate of drug-likeness (QED) is 0.751. The molecule has 0 amide bonds. The summed E-state index contributed by atoms with van der Waals surface area (Å²) >= 11 is 0. The van der Waals surface area contributed by atoms with Crippen LogP contribution in [0, 0.1) is 5.92 Å². The Balaban J connectivity index is 1.66. The average molecular weight is 225 g/mol. The van der Waals surface area contributed by atoms with Crippen molar-refractivity contribution in [1.29, 1.82) is 0 Å². The van der Waals surface area contributed by atoms with Crippen molar-refractivity contribution in [2.75, 3.05) is 19.7 Å². The van der Waals surface area contributed by atoms with Crippen LogP contribution in [0.3, 0.4) is 0 Å². The molecule has 0 unspecified atom stereocenters. The Hall–Kier alpha value is -0.0800. The van der Waals surface area contributed by atoms with Crippen LogP contribution in [0.4, 0.5) is 0 Å². The summed E-state index contributed by atoms with van der Waals surface area (Å²) in [4.78, 5) is 2.69. The molecule has 0 radical (unpaired) electrons. The third-order valence-corrected chi connectivity index (χ3v) is 4.49. The van der Waals surface area contributed by atoms with Crippen LogP contribution in [-0.2, 0) is 0 Å². The van der Waals surface area contributed by atoms with E-state index in [1.54, 1.807) is 0 Å². The summed E-state index contributed by atoms with van der Waals surface area (Å²) < 4.78 is 0. The maximum atomic E-state index is 8.90. The van der Waals surface area contributed by atoms with Crippen LogP contribution in [0.1, 0.15) is 57.8 Å². The molecule has 1 N–H and O–H groups in total. The van der Waals surface area contributed by atoms with E-state index in [2.05, 4.69) is 4.90 Å². The minimum absolute atomic E-state index is 0.368. The van der Waals surface area contributed by atoms with Gasteiger partial charge in [0, 0.05) is 12.6 Å². The second-order valence-corrected chi connectivity index (χ2v) is 5.64. The first-order chi connectivity index (χ1) is 7.90. The first kappa shape index (κ1) is 12.4. The van der Waals surface area contributed by atoms with Gasteiger partial charge in [0.05, 0.1) is 0 Å². The van der Waals surface area contributed by atoms with Crippen molar-refractivity contribution in [3.8, 4) is 0 Å². The third-order valence-electron chi connectivity index (χ3n) is 4.49. The number of likely N-dealkylation sites (tertiary alicyclic amines) is 1. The van der Waals surface area contributed by atoms with Gasteiger partial charge in [0.1, 0.15) is 0 Å². The topological polar surface area (TPSA) is 23.5 Å². The maximum absolute atomic E-state index is 8.90. The highest BCUT2D eigenvalue weighted by atomic mass is 16.2. The first-order valence-corrected chi connectivity index (χ1v) is 7.25. The summed E-state index contributed by atoms with van der Waals surface area (Å²) in [7, 11) is 0. The maximum Gasteiger partial charge on any atom is 0.0431 e. The average Bonchev–Trinajstić information content (AvgIpc) is 2.94. The molecule has 0 bridgehead atoms. The number of rotatable bonds is 6. The SMILES string of the molecule is OCCC[C@@H]1CCCN1CCC1CCCC1. The summed E-state index contributed by atoms with van der Waals surface area (Å²) in [5.41, 5.74) is 0. The largest absolute Gasteiger partial charge is 0.396 e. The van der Waals surface area contributed by atoms with Crippen molar-refractivity contribution in [3.05, 3.63) is 0 Å². The van der Waals surface area contributed by atoms with Gasteiger partial charge in [-0.25, -0.2) is 0 Å². The predicted molar refractivity (Wildman–Crippen MR) is 67.5 cm³/mol. The van der Waals surface area contributed by atoms with Gasteiger partial charge in [-0.15, -0.1) is 0 Å². The van der Waals surface area contributed by atoms with Crippen LogP contribution >= 0.6 is 0 Å².